The molecular weight excluding hydrogens is 497 g/mol. The van der Waals surface area contributed by atoms with Crippen LogP contribution >= 0.6 is 11.9 Å². The van der Waals surface area contributed by atoms with Crippen LogP contribution in [-0.2, 0) is 26.8 Å². The van der Waals surface area contributed by atoms with E-state index in [9.17, 15) is 23.1 Å². The number of phenols is 1. The quantitative estimate of drug-likeness (QED) is 0.385. The summed E-state index contributed by atoms with van der Waals surface area (Å²) in [5.74, 6) is -0.230. The first kappa shape index (κ1) is 23.7. The number of carbonyl (C=O) groups excluding carboxylic acids is 1. The molecule has 4 aromatic rings. The summed E-state index contributed by atoms with van der Waals surface area (Å²) in [5.41, 5.74) is 0.452. The zero-order chi connectivity index (χ0) is 25.8. The highest BCUT2D eigenvalue weighted by molar-refractivity contribution is 7.99. The average Bonchev–Trinajstić information content (AvgIpc) is 3.50. The second-order valence-electron chi connectivity index (χ2n) is 8.11. The first-order chi connectivity index (χ1) is 17.1. The molecule has 1 amide bonds. The SMILES string of the molecule is CSNc1cc(-c2c(-c3nncn3C)cnn2C)cc(N2Cc3c(cc(O)cc3C(F)(F)F)C2=O)n1. The number of hydrogen-bond donors (Lipinski definition) is 2. The molecule has 0 fully saturated rings. The summed E-state index contributed by atoms with van der Waals surface area (Å²) < 4.78 is 47.4. The van der Waals surface area contributed by atoms with E-state index in [-0.39, 0.29) is 23.5 Å². The van der Waals surface area contributed by atoms with Crippen LogP contribution in [-0.4, -0.2) is 46.8 Å². The van der Waals surface area contributed by atoms with Crippen molar-refractivity contribution >= 4 is 29.5 Å². The number of nitrogens with zero attached hydrogens (tertiary/aromatic N) is 7. The van der Waals surface area contributed by atoms with Gasteiger partial charge in [0.15, 0.2) is 5.82 Å². The molecule has 36 heavy (non-hydrogen) atoms. The highest BCUT2D eigenvalue weighted by atomic mass is 32.2. The minimum absolute atomic E-state index is 0.142. The van der Waals surface area contributed by atoms with Crippen LogP contribution in [0, 0.1) is 0 Å². The zero-order valence-electron chi connectivity index (χ0n) is 19.2. The number of fused-ring (bicyclic) bond motifs is 1. The number of benzene rings is 1. The third kappa shape index (κ3) is 3.92. The summed E-state index contributed by atoms with van der Waals surface area (Å²) in [7, 11) is 3.53. The number of anilines is 2. The Morgan fingerprint density at radius 3 is 2.58 bits per heavy atom. The fourth-order valence-corrected chi connectivity index (χ4v) is 4.56. The third-order valence-corrected chi connectivity index (χ3v) is 6.20. The number of halogens is 3. The number of phenolic OH excluding ortho intramolecular Hbond substituents is 1. The lowest BCUT2D eigenvalue weighted by atomic mass is 10.0. The van der Waals surface area contributed by atoms with Gasteiger partial charge in [-0.05, 0) is 29.8 Å². The Balaban J connectivity index is 1.64. The molecule has 10 nitrogen and oxygen atoms in total. The molecule has 0 radical (unpaired) electrons. The molecule has 0 atom stereocenters. The van der Waals surface area contributed by atoms with Gasteiger partial charge in [0.1, 0.15) is 23.7 Å². The zero-order valence-corrected chi connectivity index (χ0v) is 20.0. The topological polar surface area (TPSA) is 114 Å². The van der Waals surface area contributed by atoms with E-state index in [0.717, 1.165) is 11.0 Å². The summed E-state index contributed by atoms with van der Waals surface area (Å²) >= 11 is 1.27. The average molecular weight is 517 g/mol. The minimum atomic E-state index is -4.74. The second-order valence-corrected chi connectivity index (χ2v) is 8.72. The maximum absolute atomic E-state index is 13.7. The van der Waals surface area contributed by atoms with E-state index in [4.69, 9.17) is 0 Å². The fraction of sp³-hybridized carbons (Fsp3) is 0.227. The van der Waals surface area contributed by atoms with Gasteiger partial charge in [0, 0.05) is 31.5 Å². The third-order valence-electron chi connectivity index (χ3n) is 5.79. The maximum atomic E-state index is 13.7. The fourth-order valence-electron chi connectivity index (χ4n) is 4.25. The molecule has 3 aromatic heterocycles. The lowest BCUT2D eigenvalue weighted by Gasteiger charge is -2.18. The number of aryl methyl sites for hydroxylation is 2. The van der Waals surface area contributed by atoms with Crippen LogP contribution in [0.5, 0.6) is 5.75 Å². The lowest BCUT2D eigenvalue weighted by molar-refractivity contribution is -0.138. The molecule has 4 heterocycles. The van der Waals surface area contributed by atoms with Crippen molar-refractivity contribution in [2.24, 2.45) is 14.1 Å². The Bertz CT molecular complexity index is 1500. The van der Waals surface area contributed by atoms with Crippen molar-refractivity contribution in [1.29, 1.82) is 0 Å². The Morgan fingerprint density at radius 2 is 1.92 bits per heavy atom. The van der Waals surface area contributed by atoms with Gasteiger partial charge in [0.2, 0.25) is 0 Å². The second kappa shape index (κ2) is 8.55. The van der Waals surface area contributed by atoms with Gasteiger partial charge < -0.3 is 14.4 Å². The van der Waals surface area contributed by atoms with Crippen LogP contribution in [0.1, 0.15) is 21.5 Å². The van der Waals surface area contributed by atoms with Crippen molar-refractivity contribution in [3.05, 3.63) is 53.5 Å². The van der Waals surface area contributed by atoms with E-state index in [0.29, 0.717) is 34.5 Å². The van der Waals surface area contributed by atoms with Crippen molar-refractivity contribution in [2.45, 2.75) is 12.7 Å². The maximum Gasteiger partial charge on any atom is 0.416 e. The Labute approximate surface area is 206 Å². The molecular formula is C22H19F3N8O2S. The van der Waals surface area contributed by atoms with Gasteiger partial charge in [-0.3, -0.25) is 14.4 Å². The number of nitrogens with one attached hydrogen (secondary N) is 1. The summed E-state index contributed by atoms with van der Waals surface area (Å²) in [6.45, 7) is -0.347. The van der Waals surface area contributed by atoms with Gasteiger partial charge in [-0.15, -0.1) is 10.2 Å². The highest BCUT2D eigenvalue weighted by Gasteiger charge is 2.41. The predicted molar refractivity (Wildman–Crippen MR) is 127 cm³/mol. The number of rotatable bonds is 5. The summed E-state index contributed by atoms with van der Waals surface area (Å²) in [6.07, 6.45) is 0.243. The molecule has 0 aliphatic carbocycles. The summed E-state index contributed by atoms with van der Waals surface area (Å²) in [4.78, 5) is 18.8. The van der Waals surface area contributed by atoms with Gasteiger partial charge in [-0.25, -0.2) is 4.98 Å². The molecule has 0 saturated carbocycles. The predicted octanol–water partition coefficient (Wildman–Crippen LogP) is 3.85. The summed E-state index contributed by atoms with van der Waals surface area (Å²) in [5, 5.41) is 22.3. The first-order valence-corrected chi connectivity index (χ1v) is 11.7. The Hall–Kier alpha value is -4.07. The van der Waals surface area contributed by atoms with Gasteiger partial charge in [0.25, 0.3) is 5.91 Å². The van der Waals surface area contributed by atoms with Crippen molar-refractivity contribution in [3.8, 4) is 28.4 Å². The normalized spacial score (nSPS) is 13.4. The van der Waals surface area contributed by atoms with E-state index in [1.165, 1.54) is 11.9 Å². The van der Waals surface area contributed by atoms with Crippen LogP contribution in [0.3, 0.4) is 0 Å². The van der Waals surface area contributed by atoms with Gasteiger partial charge >= 0.3 is 6.18 Å². The summed E-state index contributed by atoms with van der Waals surface area (Å²) in [6, 6.07) is 5.03. The standard InChI is InChI=1S/C22H19F3N8O2S/c1-31-10-26-29-20(31)14-8-27-32(2)19(14)11-4-17(30-36-3)28-18(5-11)33-9-15-13(21(33)35)6-12(34)7-16(15)22(23,24)25/h4-8,10,34H,9H2,1-3H3,(H,28,30). The smallest absolute Gasteiger partial charge is 0.416 e. The Kier molecular flexibility index (Phi) is 5.62. The molecule has 0 spiro atoms. The number of aromatic nitrogens is 6. The molecule has 0 unspecified atom stereocenters. The monoisotopic (exact) mass is 516 g/mol. The van der Waals surface area contributed by atoms with Gasteiger partial charge in [-0.2, -0.15) is 18.3 Å². The molecule has 1 aromatic carbocycles. The number of amides is 1. The van der Waals surface area contributed by atoms with E-state index in [1.807, 2.05) is 0 Å². The molecule has 5 rings (SSSR count). The first-order valence-electron chi connectivity index (χ1n) is 10.5. The number of alkyl halides is 3. The van der Waals surface area contributed by atoms with Gasteiger partial charge in [-0.1, -0.05) is 11.9 Å². The van der Waals surface area contributed by atoms with Crippen LogP contribution in [0.2, 0.25) is 0 Å². The molecule has 0 saturated heterocycles. The van der Waals surface area contributed by atoms with Crippen molar-refractivity contribution in [2.75, 3.05) is 15.9 Å². The molecule has 1 aliphatic heterocycles. The van der Waals surface area contributed by atoms with Crippen molar-refractivity contribution in [1.82, 2.24) is 29.5 Å². The van der Waals surface area contributed by atoms with Crippen molar-refractivity contribution in [3.63, 3.8) is 0 Å². The van der Waals surface area contributed by atoms with E-state index < -0.39 is 23.4 Å². The molecule has 2 N–H and O–H groups in total. The lowest BCUT2D eigenvalue weighted by Crippen LogP contribution is -2.24. The number of carbonyl (C=O) groups is 1. The molecule has 1 aliphatic rings. The highest BCUT2D eigenvalue weighted by Crippen LogP contribution is 2.41. The van der Waals surface area contributed by atoms with E-state index >= 15 is 0 Å². The molecule has 0 bridgehead atoms. The minimum Gasteiger partial charge on any atom is -0.508 e. The number of pyridine rings is 1. The van der Waals surface area contributed by atoms with E-state index in [2.05, 4.69) is 25.0 Å². The van der Waals surface area contributed by atoms with Crippen LogP contribution in [0.25, 0.3) is 22.6 Å². The molecule has 186 valence electrons. The number of hydrogen-bond acceptors (Lipinski definition) is 8. The molecule has 14 heteroatoms. The van der Waals surface area contributed by atoms with Crippen LogP contribution in [0.4, 0.5) is 24.8 Å². The largest absolute Gasteiger partial charge is 0.508 e. The van der Waals surface area contributed by atoms with Crippen LogP contribution in [0.15, 0.2) is 36.8 Å². The van der Waals surface area contributed by atoms with Crippen LogP contribution < -0.4 is 9.62 Å². The van der Waals surface area contributed by atoms with Gasteiger partial charge in [0.05, 0.1) is 29.6 Å². The number of aromatic hydroxyl groups is 1. The van der Waals surface area contributed by atoms with Crippen molar-refractivity contribution < 1.29 is 23.1 Å². The Morgan fingerprint density at radius 1 is 1.14 bits per heavy atom. The van der Waals surface area contributed by atoms with E-state index in [1.54, 1.807) is 54.3 Å².